The first-order valence-corrected chi connectivity index (χ1v) is 9.25. The number of nitrogens with two attached hydrogens (primary N) is 1. The van der Waals surface area contributed by atoms with Crippen molar-refractivity contribution in [3.05, 3.63) is 28.9 Å². The van der Waals surface area contributed by atoms with Gasteiger partial charge in [-0.2, -0.15) is 0 Å². The first-order chi connectivity index (χ1) is 12.0. The lowest BCUT2D eigenvalue weighted by molar-refractivity contribution is 0.0633. The largest absolute Gasteiger partial charge is 0.336 e. The van der Waals surface area contributed by atoms with Gasteiger partial charge >= 0.3 is 5.69 Å². The molecule has 1 aliphatic rings. The molecular formula is C19H28N4O2. The van der Waals surface area contributed by atoms with Crippen molar-refractivity contribution in [3.8, 4) is 0 Å². The van der Waals surface area contributed by atoms with Crippen LogP contribution in [0.1, 0.15) is 44.8 Å². The Morgan fingerprint density at radius 1 is 1.36 bits per heavy atom. The molecule has 0 spiro atoms. The molecule has 6 nitrogen and oxygen atoms in total. The molecule has 2 aromatic rings. The zero-order valence-electron chi connectivity index (χ0n) is 15.3. The van der Waals surface area contributed by atoms with Gasteiger partial charge in [-0.15, -0.1) is 0 Å². The Labute approximate surface area is 148 Å². The average molecular weight is 344 g/mol. The lowest BCUT2D eigenvalue weighted by Gasteiger charge is -2.36. The fourth-order valence-corrected chi connectivity index (χ4v) is 4.31. The fraction of sp³-hybridized carbons (Fsp3) is 0.632. The minimum Gasteiger partial charge on any atom is -0.329 e. The highest BCUT2D eigenvalue weighted by atomic mass is 16.2. The monoisotopic (exact) mass is 344 g/mol. The van der Waals surface area contributed by atoms with E-state index in [1.54, 1.807) is 23.0 Å². The SMILES string of the molecule is CC(C)[C@@H]1CC[C@@H](C)C[C@H]1C(=O)n1c(=O)n(CCN)c2cnccc21. The number of pyridine rings is 1. The molecule has 0 aromatic carbocycles. The van der Waals surface area contributed by atoms with Crippen LogP contribution >= 0.6 is 0 Å². The quantitative estimate of drug-likeness (QED) is 0.924. The van der Waals surface area contributed by atoms with Gasteiger partial charge in [0.15, 0.2) is 0 Å². The van der Waals surface area contributed by atoms with Crippen molar-refractivity contribution in [2.24, 2.45) is 29.4 Å². The Morgan fingerprint density at radius 3 is 2.80 bits per heavy atom. The van der Waals surface area contributed by atoms with E-state index in [0.717, 1.165) is 19.3 Å². The first-order valence-electron chi connectivity index (χ1n) is 9.25. The second-order valence-electron chi connectivity index (χ2n) is 7.69. The van der Waals surface area contributed by atoms with Crippen LogP contribution in [0.2, 0.25) is 0 Å². The van der Waals surface area contributed by atoms with Crippen LogP contribution in [0.4, 0.5) is 0 Å². The summed E-state index contributed by atoms with van der Waals surface area (Å²) in [6.07, 6.45) is 6.32. The third-order valence-electron chi connectivity index (χ3n) is 5.64. The number of nitrogens with zero attached hydrogens (tertiary/aromatic N) is 3. The minimum atomic E-state index is -0.292. The van der Waals surface area contributed by atoms with Crippen molar-refractivity contribution in [2.45, 2.75) is 46.6 Å². The predicted molar refractivity (Wildman–Crippen MR) is 98.5 cm³/mol. The summed E-state index contributed by atoms with van der Waals surface area (Å²) >= 11 is 0. The summed E-state index contributed by atoms with van der Waals surface area (Å²) in [5.74, 6) is 1.09. The van der Waals surface area contributed by atoms with Crippen LogP contribution in [0.15, 0.2) is 23.3 Å². The molecule has 3 atom stereocenters. The Bertz CT molecular complexity index is 820. The molecule has 0 radical (unpaired) electrons. The highest BCUT2D eigenvalue weighted by Crippen LogP contribution is 2.39. The van der Waals surface area contributed by atoms with Crippen molar-refractivity contribution >= 4 is 16.9 Å². The number of aromatic nitrogens is 3. The summed E-state index contributed by atoms with van der Waals surface area (Å²) in [4.78, 5) is 30.5. The molecule has 3 rings (SSSR count). The van der Waals surface area contributed by atoms with Crippen molar-refractivity contribution in [2.75, 3.05) is 6.54 Å². The molecule has 2 heterocycles. The van der Waals surface area contributed by atoms with E-state index >= 15 is 0 Å². The predicted octanol–water partition coefficient (Wildman–Crippen LogP) is 2.51. The van der Waals surface area contributed by atoms with Gasteiger partial charge in [0.25, 0.3) is 0 Å². The molecular weight excluding hydrogens is 316 g/mol. The van der Waals surface area contributed by atoms with Gasteiger partial charge in [-0.25, -0.2) is 9.36 Å². The molecule has 136 valence electrons. The molecule has 0 aliphatic heterocycles. The van der Waals surface area contributed by atoms with Gasteiger partial charge in [0.2, 0.25) is 5.91 Å². The van der Waals surface area contributed by atoms with E-state index in [1.807, 2.05) is 0 Å². The molecule has 0 bridgehead atoms. The second-order valence-corrected chi connectivity index (χ2v) is 7.69. The van der Waals surface area contributed by atoms with Gasteiger partial charge in [-0.1, -0.05) is 27.2 Å². The van der Waals surface area contributed by atoms with Crippen molar-refractivity contribution in [3.63, 3.8) is 0 Å². The molecule has 0 unspecified atom stereocenters. The smallest absolute Gasteiger partial charge is 0.329 e. The number of carbonyl (C=O) groups is 1. The number of rotatable bonds is 4. The van der Waals surface area contributed by atoms with Crippen molar-refractivity contribution in [1.82, 2.24) is 14.1 Å². The van der Waals surface area contributed by atoms with E-state index in [4.69, 9.17) is 5.73 Å². The van der Waals surface area contributed by atoms with E-state index in [9.17, 15) is 9.59 Å². The highest BCUT2D eigenvalue weighted by molar-refractivity contribution is 5.91. The maximum Gasteiger partial charge on any atom is 0.336 e. The fourth-order valence-electron chi connectivity index (χ4n) is 4.31. The summed E-state index contributed by atoms with van der Waals surface area (Å²) in [6, 6.07) is 1.75. The van der Waals surface area contributed by atoms with Crippen molar-refractivity contribution < 1.29 is 4.79 Å². The maximum atomic E-state index is 13.4. The van der Waals surface area contributed by atoms with Crippen LogP contribution in [0.3, 0.4) is 0 Å². The lowest BCUT2D eigenvalue weighted by atomic mass is 9.69. The maximum absolute atomic E-state index is 13.4. The van der Waals surface area contributed by atoms with Gasteiger partial charge in [-0.05, 0) is 36.7 Å². The van der Waals surface area contributed by atoms with Crippen molar-refractivity contribution in [1.29, 1.82) is 0 Å². The Kier molecular flexibility index (Phi) is 5.08. The topological polar surface area (TPSA) is 82.9 Å². The molecule has 0 amide bonds. The summed E-state index contributed by atoms with van der Waals surface area (Å²) < 4.78 is 2.93. The van der Waals surface area contributed by atoms with Crippen LogP contribution in [-0.4, -0.2) is 26.6 Å². The van der Waals surface area contributed by atoms with Crippen LogP contribution in [0.5, 0.6) is 0 Å². The standard InChI is InChI=1S/C19H28N4O2/c1-12(2)14-5-4-13(3)10-15(14)18(24)23-16-6-8-21-11-17(16)22(9-7-20)19(23)25/h6,8,11-15H,4-5,7,9-10,20H2,1-3H3/t13-,14+,15-/m1/s1. The lowest BCUT2D eigenvalue weighted by Crippen LogP contribution is -2.40. The Hall–Kier alpha value is -1.95. The Morgan fingerprint density at radius 2 is 2.12 bits per heavy atom. The summed E-state index contributed by atoms with van der Waals surface area (Å²) in [7, 11) is 0. The molecule has 2 aromatic heterocycles. The number of hydrogen-bond acceptors (Lipinski definition) is 4. The summed E-state index contributed by atoms with van der Waals surface area (Å²) in [5, 5.41) is 0. The number of carbonyl (C=O) groups excluding carboxylic acids is 1. The van der Waals surface area contributed by atoms with E-state index in [2.05, 4.69) is 25.8 Å². The van der Waals surface area contributed by atoms with Gasteiger partial charge in [-0.3, -0.25) is 14.3 Å². The van der Waals surface area contributed by atoms with E-state index in [1.165, 1.54) is 4.57 Å². The van der Waals surface area contributed by atoms with Crippen LogP contribution in [0, 0.1) is 23.7 Å². The average Bonchev–Trinajstić information content (AvgIpc) is 2.86. The number of hydrogen-bond donors (Lipinski definition) is 1. The van der Waals surface area contributed by atoms with Gasteiger partial charge in [0.1, 0.15) is 0 Å². The third kappa shape index (κ3) is 3.15. The first kappa shape index (κ1) is 17.9. The van der Waals surface area contributed by atoms with Crippen LogP contribution in [0.25, 0.3) is 11.0 Å². The minimum absolute atomic E-state index is 0.0674. The van der Waals surface area contributed by atoms with Crippen LogP contribution in [-0.2, 0) is 6.54 Å². The van der Waals surface area contributed by atoms with Gasteiger partial charge < -0.3 is 5.73 Å². The third-order valence-corrected chi connectivity index (χ3v) is 5.64. The van der Waals surface area contributed by atoms with E-state index in [0.29, 0.717) is 41.9 Å². The molecule has 1 aliphatic carbocycles. The Balaban J connectivity index is 2.10. The molecule has 1 saturated carbocycles. The number of fused-ring (bicyclic) bond motifs is 1. The molecule has 6 heteroatoms. The van der Waals surface area contributed by atoms with Gasteiger partial charge in [0.05, 0.1) is 17.2 Å². The highest BCUT2D eigenvalue weighted by Gasteiger charge is 2.37. The molecule has 2 N–H and O–H groups in total. The van der Waals surface area contributed by atoms with Gasteiger partial charge in [0, 0.05) is 25.2 Å². The summed E-state index contributed by atoms with van der Waals surface area (Å²) in [5.41, 5.74) is 6.68. The summed E-state index contributed by atoms with van der Waals surface area (Å²) in [6.45, 7) is 7.27. The normalized spacial score (nSPS) is 24.1. The van der Waals surface area contributed by atoms with E-state index in [-0.39, 0.29) is 17.5 Å². The molecule has 0 saturated heterocycles. The zero-order valence-corrected chi connectivity index (χ0v) is 15.3. The van der Waals surface area contributed by atoms with Crippen LogP contribution < -0.4 is 11.4 Å². The number of imidazole rings is 1. The molecule has 1 fully saturated rings. The second kappa shape index (κ2) is 7.12. The zero-order chi connectivity index (χ0) is 18.1. The van der Waals surface area contributed by atoms with E-state index < -0.39 is 0 Å². The molecule has 25 heavy (non-hydrogen) atoms.